The second-order valence-electron chi connectivity index (χ2n) is 7.12. The lowest BCUT2D eigenvalue weighted by molar-refractivity contribution is -0.142. The number of carboxylic acid groups (broad SMARTS) is 1. The molecule has 0 atom stereocenters. The third-order valence-corrected chi connectivity index (χ3v) is 5.35. The molecule has 0 bridgehead atoms. The molecule has 2 N–H and O–H groups in total. The Hall–Kier alpha value is -2.64. The number of aliphatic carboxylic acids is 1. The van der Waals surface area contributed by atoms with Gasteiger partial charge in [0.25, 0.3) is 5.91 Å². The first-order valence-electron chi connectivity index (χ1n) is 9.27. The van der Waals surface area contributed by atoms with Gasteiger partial charge in [0.2, 0.25) is 0 Å². The maximum absolute atomic E-state index is 13.0. The summed E-state index contributed by atoms with van der Waals surface area (Å²) in [5.41, 5.74) is 0.435. The molecule has 2 aliphatic rings. The zero-order chi connectivity index (χ0) is 19.4. The number of piperazine rings is 1. The quantitative estimate of drug-likeness (QED) is 0.842. The molecule has 3 rings (SSSR count). The van der Waals surface area contributed by atoms with E-state index in [1.54, 1.807) is 9.80 Å². The topological polar surface area (TPSA) is 89.9 Å². The zero-order valence-corrected chi connectivity index (χ0v) is 15.1. The Morgan fingerprint density at radius 3 is 2.04 bits per heavy atom. The van der Waals surface area contributed by atoms with Crippen LogP contribution in [0.5, 0.6) is 0 Å². The van der Waals surface area contributed by atoms with Gasteiger partial charge < -0.3 is 20.2 Å². The number of urea groups is 1. The van der Waals surface area contributed by atoms with E-state index in [4.69, 9.17) is 5.11 Å². The fourth-order valence-electron chi connectivity index (χ4n) is 3.64. The zero-order valence-electron chi connectivity index (χ0n) is 15.1. The van der Waals surface area contributed by atoms with Crippen molar-refractivity contribution in [1.82, 2.24) is 15.1 Å². The Balaban J connectivity index is 1.45. The summed E-state index contributed by atoms with van der Waals surface area (Å²) in [5, 5.41) is 12.0. The first-order valence-corrected chi connectivity index (χ1v) is 9.27. The standard InChI is InChI=1S/C19H24FN3O4/c20-15-5-1-13(2-6-15)17(24)22-9-11-23(12-10-22)19(27)21-16-7-3-14(4-8-16)18(25)26/h1-2,5-6,14,16H,3-4,7-12H2,(H,21,27)(H,25,26). The highest BCUT2D eigenvalue weighted by Crippen LogP contribution is 2.24. The Kier molecular flexibility index (Phi) is 5.93. The number of nitrogens with one attached hydrogen (secondary N) is 1. The first-order chi connectivity index (χ1) is 12.9. The Morgan fingerprint density at radius 2 is 1.48 bits per heavy atom. The van der Waals surface area contributed by atoms with Crippen LogP contribution in [-0.4, -0.2) is 65.0 Å². The monoisotopic (exact) mass is 377 g/mol. The molecular formula is C19H24FN3O4. The number of benzene rings is 1. The third-order valence-electron chi connectivity index (χ3n) is 5.35. The number of carbonyl (C=O) groups excluding carboxylic acids is 2. The molecule has 1 aliphatic heterocycles. The third kappa shape index (κ3) is 4.75. The molecule has 0 spiro atoms. The Morgan fingerprint density at radius 1 is 0.926 bits per heavy atom. The molecule has 27 heavy (non-hydrogen) atoms. The van der Waals surface area contributed by atoms with Crippen molar-refractivity contribution in [3.8, 4) is 0 Å². The summed E-state index contributed by atoms with van der Waals surface area (Å²) >= 11 is 0. The normalized spacial score (nSPS) is 23.0. The molecule has 1 saturated carbocycles. The number of amides is 3. The van der Waals surface area contributed by atoms with E-state index in [-0.39, 0.29) is 29.7 Å². The highest BCUT2D eigenvalue weighted by molar-refractivity contribution is 5.94. The van der Waals surface area contributed by atoms with Crippen LogP contribution in [0.15, 0.2) is 24.3 Å². The molecule has 3 amide bonds. The molecule has 1 aromatic carbocycles. The van der Waals surface area contributed by atoms with Crippen LogP contribution in [0.3, 0.4) is 0 Å². The summed E-state index contributed by atoms with van der Waals surface area (Å²) in [7, 11) is 0. The van der Waals surface area contributed by atoms with E-state index in [9.17, 15) is 18.8 Å². The number of hydrogen-bond acceptors (Lipinski definition) is 3. The van der Waals surface area contributed by atoms with Crippen LogP contribution in [0.25, 0.3) is 0 Å². The van der Waals surface area contributed by atoms with Crippen molar-refractivity contribution in [2.75, 3.05) is 26.2 Å². The number of carboxylic acids is 1. The van der Waals surface area contributed by atoms with Gasteiger partial charge >= 0.3 is 12.0 Å². The summed E-state index contributed by atoms with van der Waals surface area (Å²) in [4.78, 5) is 39.2. The summed E-state index contributed by atoms with van der Waals surface area (Å²) < 4.78 is 13.0. The van der Waals surface area contributed by atoms with Crippen LogP contribution >= 0.6 is 0 Å². The van der Waals surface area contributed by atoms with Gasteiger partial charge in [-0.3, -0.25) is 9.59 Å². The van der Waals surface area contributed by atoms with E-state index in [0.29, 0.717) is 57.4 Å². The molecule has 0 unspecified atom stereocenters. The van der Waals surface area contributed by atoms with Crippen LogP contribution in [0.2, 0.25) is 0 Å². The maximum Gasteiger partial charge on any atom is 0.317 e. The fourth-order valence-corrected chi connectivity index (χ4v) is 3.64. The van der Waals surface area contributed by atoms with Gasteiger partial charge in [-0.05, 0) is 49.9 Å². The minimum absolute atomic E-state index is 0.00646. The summed E-state index contributed by atoms with van der Waals surface area (Å²) in [6.07, 6.45) is 2.51. The minimum atomic E-state index is -0.762. The van der Waals surface area contributed by atoms with Gasteiger partial charge in [-0.25, -0.2) is 9.18 Å². The van der Waals surface area contributed by atoms with E-state index >= 15 is 0 Å². The van der Waals surface area contributed by atoms with Gasteiger partial charge in [-0.1, -0.05) is 0 Å². The largest absolute Gasteiger partial charge is 0.481 e. The predicted octanol–water partition coefficient (Wildman–Crippen LogP) is 1.94. The van der Waals surface area contributed by atoms with Crippen LogP contribution in [-0.2, 0) is 4.79 Å². The number of nitrogens with zero attached hydrogens (tertiary/aromatic N) is 2. The molecule has 1 aromatic rings. The van der Waals surface area contributed by atoms with Gasteiger partial charge in [-0.2, -0.15) is 0 Å². The van der Waals surface area contributed by atoms with E-state index in [1.165, 1.54) is 24.3 Å². The van der Waals surface area contributed by atoms with Gasteiger partial charge in [0, 0.05) is 37.8 Å². The molecule has 1 heterocycles. The summed E-state index contributed by atoms with van der Waals surface area (Å²) in [6.45, 7) is 1.72. The maximum atomic E-state index is 13.0. The smallest absolute Gasteiger partial charge is 0.317 e. The van der Waals surface area contributed by atoms with Crippen LogP contribution in [0.1, 0.15) is 36.0 Å². The van der Waals surface area contributed by atoms with E-state index < -0.39 is 5.97 Å². The molecule has 1 aliphatic carbocycles. The van der Waals surface area contributed by atoms with Crippen molar-refractivity contribution in [3.63, 3.8) is 0 Å². The van der Waals surface area contributed by atoms with Crippen molar-refractivity contribution in [1.29, 1.82) is 0 Å². The molecule has 2 fully saturated rings. The molecule has 0 radical (unpaired) electrons. The molecular weight excluding hydrogens is 353 g/mol. The van der Waals surface area contributed by atoms with E-state index in [0.717, 1.165) is 0 Å². The molecule has 8 heteroatoms. The Labute approximate surface area is 157 Å². The minimum Gasteiger partial charge on any atom is -0.481 e. The SMILES string of the molecule is O=C(O)C1CCC(NC(=O)N2CCN(C(=O)c3ccc(F)cc3)CC2)CC1. The van der Waals surface area contributed by atoms with Gasteiger partial charge in [-0.15, -0.1) is 0 Å². The lowest BCUT2D eigenvalue weighted by atomic mass is 9.86. The van der Waals surface area contributed by atoms with Gasteiger partial charge in [0.1, 0.15) is 5.82 Å². The van der Waals surface area contributed by atoms with Crippen molar-refractivity contribution >= 4 is 17.9 Å². The number of carbonyl (C=O) groups is 3. The average Bonchev–Trinajstić information content (AvgIpc) is 2.68. The van der Waals surface area contributed by atoms with Gasteiger partial charge in [0.15, 0.2) is 0 Å². The highest BCUT2D eigenvalue weighted by atomic mass is 19.1. The second kappa shape index (κ2) is 8.37. The lowest BCUT2D eigenvalue weighted by Gasteiger charge is -2.36. The highest BCUT2D eigenvalue weighted by Gasteiger charge is 2.29. The predicted molar refractivity (Wildman–Crippen MR) is 95.8 cm³/mol. The van der Waals surface area contributed by atoms with Crippen LogP contribution < -0.4 is 5.32 Å². The van der Waals surface area contributed by atoms with Crippen molar-refractivity contribution in [3.05, 3.63) is 35.6 Å². The van der Waals surface area contributed by atoms with Crippen molar-refractivity contribution in [2.24, 2.45) is 5.92 Å². The van der Waals surface area contributed by atoms with Crippen molar-refractivity contribution < 1.29 is 23.9 Å². The van der Waals surface area contributed by atoms with Crippen LogP contribution in [0.4, 0.5) is 9.18 Å². The average molecular weight is 377 g/mol. The lowest BCUT2D eigenvalue weighted by Crippen LogP contribution is -2.54. The fraction of sp³-hybridized carbons (Fsp3) is 0.526. The number of hydrogen-bond donors (Lipinski definition) is 2. The van der Waals surface area contributed by atoms with Crippen LogP contribution in [0, 0.1) is 11.7 Å². The number of rotatable bonds is 3. The Bertz CT molecular complexity index is 693. The van der Waals surface area contributed by atoms with Gasteiger partial charge in [0.05, 0.1) is 5.92 Å². The summed E-state index contributed by atoms with van der Waals surface area (Å²) in [6, 6.07) is 5.29. The molecule has 146 valence electrons. The number of halogens is 1. The molecule has 1 saturated heterocycles. The van der Waals surface area contributed by atoms with E-state index in [2.05, 4.69) is 5.32 Å². The second-order valence-corrected chi connectivity index (χ2v) is 7.12. The van der Waals surface area contributed by atoms with E-state index in [1.807, 2.05) is 0 Å². The molecule has 0 aromatic heterocycles. The first kappa shape index (κ1) is 19.1. The van der Waals surface area contributed by atoms with Crippen molar-refractivity contribution in [2.45, 2.75) is 31.7 Å². The summed E-state index contributed by atoms with van der Waals surface area (Å²) in [5.74, 6) is -1.62. The molecule has 7 nitrogen and oxygen atoms in total.